The molecule has 180 valence electrons. The first-order valence-electron chi connectivity index (χ1n) is 11.5. The predicted molar refractivity (Wildman–Crippen MR) is 136 cm³/mol. The lowest BCUT2D eigenvalue weighted by Gasteiger charge is -2.32. The van der Waals surface area contributed by atoms with E-state index in [1.807, 2.05) is 30.5 Å². The Morgan fingerprint density at radius 1 is 1.17 bits per heavy atom. The molecular formula is C24H26N8O2S. The quantitative estimate of drug-likeness (QED) is 0.368. The summed E-state index contributed by atoms with van der Waals surface area (Å²) in [5.41, 5.74) is 9.46. The van der Waals surface area contributed by atoms with Crippen LogP contribution < -0.4 is 21.3 Å². The van der Waals surface area contributed by atoms with Crippen LogP contribution in [0.4, 0.5) is 16.6 Å². The van der Waals surface area contributed by atoms with Crippen LogP contribution >= 0.6 is 11.8 Å². The zero-order chi connectivity index (χ0) is 24.2. The van der Waals surface area contributed by atoms with Gasteiger partial charge in [-0.15, -0.1) is 0 Å². The highest BCUT2D eigenvalue weighted by atomic mass is 32.2. The number of hydrogen-bond acceptors (Lipinski definition) is 9. The average Bonchev–Trinajstić information content (AvgIpc) is 3.50. The van der Waals surface area contributed by atoms with Crippen molar-refractivity contribution in [2.75, 3.05) is 30.3 Å². The summed E-state index contributed by atoms with van der Waals surface area (Å²) >= 11 is 0.885. The molecule has 0 spiro atoms. The number of nitrogens with two attached hydrogens (primary N) is 1. The fourth-order valence-electron chi connectivity index (χ4n) is 4.25. The van der Waals surface area contributed by atoms with Crippen molar-refractivity contribution in [3.8, 4) is 11.4 Å². The molecule has 0 aromatic carbocycles. The highest BCUT2D eigenvalue weighted by molar-refractivity contribution is 8.18. The highest BCUT2D eigenvalue weighted by Gasteiger charge is 2.26. The molecule has 35 heavy (non-hydrogen) atoms. The third-order valence-corrected chi connectivity index (χ3v) is 6.90. The van der Waals surface area contributed by atoms with E-state index in [9.17, 15) is 9.59 Å². The van der Waals surface area contributed by atoms with Gasteiger partial charge in [-0.2, -0.15) is 0 Å². The largest absolute Gasteiger partial charge is 0.384 e. The molecule has 0 unspecified atom stereocenters. The molecule has 0 saturated carbocycles. The van der Waals surface area contributed by atoms with Gasteiger partial charge < -0.3 is 20.9 Å². The number of H-pyrrole nitrogens is 1. The number of aromatic nitrogens is 4. The lowest BCUT2D eigenvalue weighted by Crippen LogP contribution is -2.38. The van der Waals surface area contributed by atoms with Crippen LogP contribution in [-0.4, -0.2) is 50.7 Å². The van der Waals surface area contributed by atoms with Crippen molar-refractivity contribution >= 4 is 40.8 Å². The first-order chi connectivity index (χ1) is 17.0. The van der Waals surface area contributed by atoms with Crippen molar-refractivity contribution in [1.29, 1.82) is 0 Å². The van der Waals surface area contributed by atoms with Crippen molar-refractivity contribution in [2.45, 2.75) is 19.4 Å². The van der Waals surface area contributed by atoms with Crippen LogP contribution in [0, 0.1) is 5.92 Å². The minimum atomic E-state index is -0.386. The van der Waals surface area contributed by atoms with Crippen LogP contribution in [0.15, 0.2) is 47.6 Å². The number of aromatic amines is 1. The van der Waals surface area contributed by atoms with Gasteiger partial charge in [0.1, 0.15) is 5.82 Å². The van der Waals surface area contributed by atoms with E-state index in [2.05, 4.69) is 35.5 Å². The Morgan fingerprint density at radius 3 is 2.77 bits per heavy atom. The first kappa shape index (κ1) is 23.1. The SMILES string of the molecule is Nc1ccc(CNCC2CCN(c3nccc(/C=C4\SC(=O)NC4=O)n3)CC2)c(-c2ccc[nH]2)n1. The fraction of sp³-hybridized carbons (Fsp3) is 0.292. The third kappa shape index (κ3) is 5.52. The molecule has 2 fully saturated rings. The Bertz CT molecular complexity index is 1250. The summed E-state index contributed by atoms with van der Waals surface area (Å²) in [6, 6.07) is 9.54. The molecule has 3 aromatic rings. The highest BCUT2D eigenvalue weighted by Crippen LogP contribution is 2.26. The maximum atomic E-state index is 11.8. The first-order valence-corrected chi connectivity index (χ1v) is 12.3. The monoisotopic (exact) mass is 490 g/mol. The molecule has 11 heteroatoms. The van der Waals surface area contributed by atoms with Gasteiger partial charge in [0, 0.05) is 32.0 Å². The van der Waals surface area contributed by atoms with E-state index in [0.29, 0.717) is 28.3 Å². The molecule has 2 aliphatic rings. The molecule has 0 aliphatic carbocycles. The zero-order valence-electron chi connectivity index (χ0n) is 19.0. The van der Waals surface area contributed by atoms with E-state index in [1.165, 1.54) is 0 Å². The van der Waals surface area contributed by atoms with E-state index in [-0.39, 0.29) is 11.1 Å². The Kier molecular flexibility index (Phi) is 6.77. The van der Waals surface area contributed by atoms with Crippen molar-refractivity contribution in [3.63, 3.8) is 0 Å². The van der Waals surface area contributed by atoms with Crippen molar-refractivity contribution in [2.24, 2.45) is 5.92 Å². The Balaban J connectivity index is 1.14. The second kappa shape index (κ2) is 10.3. The Hall–Kier alpha value is -3.70. The van der Waals surface area contributed by atoms with E-state index in [4.69, 9.17) is 5.73 Å². The number of nitrogen functional groups attached to an aromatic ring is 1. The lowest BCUT2D eigenvalue weighted by molar-refractivity contribution is -0.115. The van der Waals surface area contributed by atoms with E-state index >= 15 is 0 Å². The Morgan fingerprint density at radius 2 is 2.03 bits per heavy atom. The van der Waals surface area contributed by atoms with Crippen LogP contribution in [0.3, 0.4) is 0 Å². The fourth-order valence-corrected chi connectivity index (χ4v) is 4.92. The summed E-state index contributed by atoms with van der Waals surface area (Å²) in [7, 11) is 0. The topological polar surface area (TPSA) is 142 Å². The summed E-state index contributed by atoms with van der Waals surface area (Å²) in [5, 5.41) is 5.48. The lowest BCUT2D eigenvalue weighted by atomic mass is 9.97. The molecule has 2 amide bonds. The van der Waals surface area contributed by atoms with Gasteiger partial charge in [-0.1, -0.05) is 6.07 Å². The number of pyridine rings is 1. The number of piperidine rings is 1. The molecule has 5 rings (SSSR count). The number of anilines is 2. The molecule has 0 bridgehead atoms. The summed E-state index contributed by atoms with van der Waals surface area (Å²) < 4.78 is 0. The number of imide groups is 1. The van der Waals surface area contributed by atoms with Gasteiger partial charge in [-0.05, 0) is 73.0 Å². The molecule has 5 N–H and O–H groups in total. The summed E-state index contributed by atoms with van der Waals surface area (Å²) in [6.45, 7) is 3.35. The number of rotatable bonds is 7. The number of nitrogens with zero attached hydrogens (tertiary/aromatic N) is 4. The number of amides is 2. The number of thioether (sulfide) groups is 1. The van der Waals surface area contributed by atoms with Crippen molar-refractivity contribution in [1.82, 2.24) is 30.6 Å². The van der Waals surface area contributed by atoms with E-state index in [0.717, 1.165) is 67.7 Å². The molecular weight excluding hydrogens is 464 g/mol. The van der Waals surface area contributed by atoms with Crippen LogP contribution in [0.5, 0.6) is 0 Å². The standard InChI is InChI=1S/C24H26N8O2S/c25-20-4-3-16(21(30-20)18-2-1-8-27-18)14-26-13-15-6-10-32(11-7-15)23-28-9-5-17(29-23)12-19-22(33)31-24(34)35-19/h1-5,8-9,12,15,26-27H,6-7,10-11,13-14H2,(H2,25,30)(H,31,33,34)/b19-12-. The molecule has 3 aromatic heterocycles. The summed E-state index contributed by atoms with van der Waals surface area (Å²) in [6.07, 6.45) is 7.24. The van der Waals surface area contributed by atoms with Gasteiger partial charge in [0.2, 0.25) is 5.95 Å². The second-order valence-corrected chi connectivity index (χ2v) is 9.54. The van der Waals surface area contributed by atoms with Gasteiger partial charge in [-0.25, -0.2) is 15.0 Å². The van der Waals surface area contributed by atoms with Gasteiger partial charge >= 0.3 is 0 Å². The van der Waals surface area contributed by atoms with Gasteiger partial charge in [0.05, 0.1) is 22.0 Å². The number of nitrogens with one attached hydrogen (secondary N) is 3. The van der Waals surface area contributed by atoms with Gasteiger partial charge in [0.15, 0.2) is 0 Å². The second-order valence-electron chi connectivity index (χ2n) is 8.52. The molecule has 10 nitrogen and oxygen atoms in total. The number of carbonyl (C=O) groups is 2. The minimum absolute atomic E-state index is 0.347. The minimum Gasteiger partial charge on any atom is -0.384 e. The molecule has 0 radical (unpaired) electrons. The van der Waals surface area contributed by atoms with Crippen LogP contribution in [-0.2, 0) is 11.3 Å². The summed E-state index contributed by atoms with van der Waals surface area (Å²) in [4.78, 5) is 42.4. The van der Waals surface area contributed by atoms with Crippen molar-refractivity contribution in [3.05, 3.63) is 58.9 Å². The van der Waals surface area contributed by atoms with Gasteiger partial charge in [-0.3, -0.25) is 14.9 Å². The summed E-state index contributed by atoms with van der Waals surface area (Å²) in [5.74, 6) is 1.32. The van der Waals surface area contributed by atoms with Crippen LogP contribution in [0.25, 0.3) is 17.5 Å². The third-order valence-electron chi connectivity index (χ3n) is 6.08. The number of carbonyl (C=O) groups excluding carboxylic acids is 2. The smallest absolute Gasteiger partial charge is 0.290 e. The molecule has 2 aliphatic heterocycles. The van der Waals surface area contributed by atoms with E-state index in [1.54, 1.807) is 18.3 Å². The van der Waals surface area contributed by atoms with Crippen LogP contribution in [0.1, 0.15) is 24.1 Å². The normalized spacial score (nSPS) is 17.8. The molecule has 5 heterocycles. The Labute approximate surface area is 206 Å². The zero-order valence-corrected chi connectivity index (χ0v) is 19.8. The number of hydrogen-bond donors (Lipinski definition) is 4. The van der Waals surface area contributed by atoms with E-state index < -0.39 is 0 Å². The molecule has 0 atom stereocenters. The molecule has 2 saturated heterocycles. The predicted octanol–water partition coefficient (Wildman–Crippen LogP) is 2.78. The average molecular weight is 491 g/mol. The van der Waals surface area contributed by atoms with Gasteiger partial charge in [0.25, 0.3) is 11.1 Å². The maximum Gasteiger partial charge on any atom is 0.290 e. The maximum absolute atomic E-state index is 11.8. The van der Waals surface area contributed by atoms with Crippen molar-refractivity contribution < 1.29 is 9.59 Å². The van der Waals surface area contributed by atoms with Crippen LogP contribution in [0.2, 0.25) is 0 Å².